The largest absolute Gasteiger partial charge is 0.309 e. The van der Waals surface area contributed by atoms with Crippen LogP contribution in [0.3, 0.4) is 0 Å². The highest BCUT2D eigenvalue weighted by Crippen LogP contribution is 2.16. The van der Waals surface area contributed by atoms with E-state index in [9.17, 15) is 0 Å². The molecule has 70 valence electrons. The van der Waals surface area contributed by atoms with Crippen molar-refractivity contribution < 1.29 is 0 Å². The van der Waals surface area contributed by atoms with Gasteiger partial charge in [-0.05, 0) is 31.4 Å². The zero-order chi connectivity index (χ0) is 10.2. The minimum atomic E-state index is 0.662. The van der Waals surface area contributed by atoms with Gasteiger partial charge in [0.2, 0.25) is 0 Å². The van der Waals surface area contributed by atoms with Gasteiger partial charge in [-0.15, -0.1) is 0 Å². The molecule has 1 aromatic rings. The van der Waals surface area contributed by atoms with E-state index in [4.69, 9.17) is 0 Å². The van der Waals surface area contributed by atoms with Gasteiger partial charge in [0.25, 0.3) is 0 Å². The maximum absolute atomic E-state index is 4.55. The van der Waals surface area contributed by atoms with Gasteiger partial charge in [-0.3, -0.25) is 0 Å². The van der Waals surface area contributed by atoms with Crippen LogP contribution in [0.15, 0.2) is 29.3 Å². The molecule has 1 aromatic carbocycles. The van der Waals surface area contributed by atoms with Crippen LogP contribution in [0.1, 0.15) is 5.56 Å². The third kappa shape index (κ3) is 3.12. The van der Waals surface area contributed by atoms with Gasteiger partial charge in [0, 0.05) is 0 Å². The van der Waals surface area contributed by atoms with Crippen LogP contribution in [0.25, 0.3) is 0 Å². The standard InChI is InChI=1S/C11H10N2S/c1-12-8-4-6-10-5-2-3-7-11(10)13-9-14/h2-3,5,7,12H,8H2,1H3. The van der Waals surface area contributed by atoms with Crippen LogP contribution in [-0.2, 0) is 0 Å². The first-order valence-electron chi connectivity index (χ1n) is 4.19. The molecule has 14 heavy (non-hydrogen) atoms. The fraction of sp³-hybridized carbons (Fsp3) is 0.182. The fourth-order valence-electron chi connectivity index (χ4n) is 0.954. The average molecular weight is 202 g/mol. The number of aliphatic imine (C=N–C) groups is 1. The molecule has 0 fully saturated rings. The smallest absolute Gasteiger partial charge is 0.0895 e. The number of nitrogens with one attached hydrogen (secondary N) is 1. The molecular formula is C11H10N2S. The molecule has 0 bridgehead atoms. The van der Waals surface area contributed by atoms with Crippen molar-refractivity contribution in [1.82, 2.24) is 5.32 Å². The molecular weight excluding hydrogens is 192 g/mol. The van der Waals surface area contributed by atoms with E-state index >= 15 is 0 Å². The van der Waals surface area contributed by atoms with Crippen molar-refractivity contribution >= 4 is 23.1 Å². The Balaban J connectivity index is 2.97. The quantitative estimate of drug-likeness (QED) is 0.450. The van der Waals surface area contributed by atoms with Crippen molar-refractivity contribution in [1.29, 1.82) is 0 Å². The first kappa shape index (κ1) is 10.6. The molecule has 0 amide bonds. The van der Waals surface area contributed by atoms with Gasteiger partial charge in [0.15, 0.2) is 0 Å². The Morgan fingerprint density at radius 2 is 2.21 bits per heavy atom. The minimum Gasteiger partial charge on any atom is -0.309 e. The van der Waals surface area contributed by atoms with Crippen LogP contribution in [0.2, 0.25) is 0 Å². The molecule has 0 radical (unpaired) electrons. The summed E-state index contributed by atoms with van der Waals surface area (Å²) < 4.78 is 0. The first-order valence-corrected chi connectivity index (χ1v) is 4.59. The van der Waals surface area contributed by atoms with Crippen molar-refractivity contribution in [2.45, 2.75) is 0 Å². The van der Waals surface area contributed by atoms with Crippen LogP contribution in [0, 0.1) is 11.8 Å². The molecule has 0 aromatic heterocycles. The molecule has 1 rings (SSSR count). The summed E-state index contributed by atoms with van der Waals surface area (Å²) in [4.78, 5) is 3.93. The van der Waals surface area contributed by atoms with Gasteiger partial charge in [-0.2, -0.15) is 4.99 Å². The highest BCUT2D eigenvalue weighted by Gasteiger charge is 1.94. The van der Waals surface area contributed by atoms with Crippen LogP contribution in [0.5, 0.6) is 0 Å². The topological polar surface area (TPSA) is 24.4 Å². The SMILES string of the molecule is CNCC#Cc1ccccc1N=C=S. The summed E-state index contributed by atoms with van der Waals surface area (Å²) in [6.45, 7) is 0.662. The number of hydrogen-bond acceptors (Lipinski definition) is 3. The van der Waals surface area contributed by atoms with E-state index in [-0.39, 0.29) is 0 Å². The Morgan fingerprint density at radius 1 is 1.43 bits per heavy atom. The Hall–Kier alpha value is -1.46. The van der Waals surface area contributed by atoms with Gasteiger partial charge in [0.1, 0.15) is 0 Å². The summed E-state index contributed by atoms with van der Waals surface area (Å²) in [5, 5.41) is 5.29. The molecule has 0 aliphatic heterocycles. The van der Waals surface area contributed by atoms with E-state index in [1.807, 2.05) is 31.3 Å². The minimum absolute atomic E-state index is 0.662. The third-order valence-electron chi connectivity index (χ3n) is 1.56. The number of isothiocyanates is 1. The van der Waals surface area contributed by atoms with Crippen molar-refractivity contribution in [3.8, 4) is 11.8 Å². The molecule has 0 spiro atoms. The lowest BCUT2D eigenvalue weighted by molar-refractivity contribution is 0.938. The van der Waals surface area contributed by atoms with E-state index in [1.54, 1.807) is 0 Å². The van der Waals surface area contributed by atoms with Crippen LogP contribution < -0.4 is 5.32 Å². The number of thiocarbonyl (C=S) groups is 1. The number of hydrogen-bond donors (Lipinski definition) is 1. The summed E-state index contributed by atoms with van der Waals surface area (Å²) in [6, 6.07) is 7.59. The number of nitrogens with zero attached hydrogens (tertiary/aromatic N) is 1. The zero-order valence-electron chi connectivity index (χ0n) is 7.87. The number of para-hydroxylation sites is 1. The lowest BCUT2D eigenvalue weighted by Gasteiger charge is -1.94. The highest BCUT2D eigenvalue weighted by atomic mass is 32.1. The fourth-order valence-corrected chi connectivity index (χ4v) is 1.05. The monoisotopic (exact) mass is 202 g/mol. The van der Waals surface area contributed by atoms with Crippen molar-refractivity contribution in [2.75, 3.05) is 13.6 Å². The van der Waals surface area contributed by atoms with E-state index in [0.717, 1.165) is 11.3 Å². The third-order valence-corrected chi connectivity index (χ3v) is 1.65. The molecule has 3 heteroatoms. The average Bonchev–Trinajstić information content (AvgIpc) is 2.21. The van der Waals surface area contributed by atoms with Gasteiger partial charge in [0.05, 0.1) is 23.0 Å². The molecule has 1 N–H and O–H groups in total. The predicted molar refractivity (Wildman–Crippen MR) is 61.9 cm³/mol. The second kappa shape index (κ2) is 6.06. The Labute approximate surface area is 89.1 Å². The van der Waals surface area contributed by atoms with Gasteiger partial charge >= 0.3 is 0 Å². The van der Waals surface area contributed by atoms with Crippen LogP contribution >= 0.6 is 12.2 Å². The summed E-state index contributed by atoms with van der Waals surface area (Å²) in [6.07, 6.45) is 0. The Kier molecular flexibility index (Phi) is 4.60. The van der Waals surface area contributed by atoms with Crippen LogP contribution in [-0.4, -0.2) is 18.8 Å². The lowest BCUT2D eigenvalue weighted by atomic mass is 10.2. The van der Waals surface area contributed by atoms with E-state index in [2.05, 4.69) is 39.5 Å². The molecule has 0 unspecified atom stereocenters. The molecule has 0 aliphatic rings. The van der Waals surface area contributed by atoms with Crippen molar-refractivity contribution in [3.05, 3.63) is 29.8 Å². The summed E-state index contributed by atoms with van der Waals surface area (Å²) in [7, 11) is 1.86. The molecule has 0 saturated heterocycles. The van der Waals surface area contributed by atoms with Crippen molar-refractivity contribution in [2.24, 2.45) is 4.99 Å². The molecule has 0 saturated carbocycles. The Bertz CT molecular complexity index is 409. The summed E-state index contributed by atoms with van der Waals surface area (Å²) in [5.41, 5.74) is 1.64. The highest BCUT2D eigenvalue weighted by molar-refractivity contribution is 7.78. The first-order chi connectivity index (χ1) is 6.88. The number of rotatable bonds is 2. The van der Waals surface area contributed by atoms with Gasteiger partial charge in [-0.25, -0.2) is 0 Å². The molecule has 0 aliphatic carbocycles. The Morgan fingerprint density at radius 3 is 2.93 bits per heavy atom. The van der Waals surface area contributed by atoms with E-state index < -0.39 is 0 Å². The lowest BCUT2D eigenvalue weighted by Crippen LogP contribution is -2.04. The van der Waals surface area contributed by atoms with Crippen LogP contribution in [0.4, 0.5) is 5.69 Å². The van der Waals surface area contributed by atoms with E-state index in [0.29, 0.717) is 6.54 Å². The van der Waals surface area contributed by atoms with E-state index in [1.165, 1.54) is 0 Å². The molecule has 2 nitrogen and oxygen atoms in total. The van der Waals surface area contributed by atoms with Crippen molar-refractivity contribution in [3.63, 3.8) is 0 Å². The summed E-state index contributed by atoms with van der Waals surface area (Å²) in [5.74, 6) is 5.97. The molecule has 0 heterocycles. The maximum atomic E-state index is 4.55. The molecule has 0 atom stereocenters. The zero-order valence-corrected chi connectivity index (χ0v) is 8.69. The number of benzene rings is 1. The summed E-state index contributed by atoms with van der Waals surface area (Å²) >= 11 is 4.55. The normalized spacial score (nSPS) is 8.36. The van der Waals surface area contributed by atoms with Gasteiger partial charge < -0.3 is 5.32 Å². The predicted octanol–water partition coefficient (Wildman–Crippen LogP) is 1.99. The maximum Gasteiger partial charge on any atom is 0.0895 e. The second-order valence-electron chi connectivity index (χ2n) is 2.55. The second-order valence-corrected chi connectivity index (χ2v) is 2.73. The van der Waals surface area contributed by atoms with Gasteiger partial charge in [-0.1, -0.05) is 24.0 Å².